The molecule has 2 heterocycles. The third kappa shape index (κ3) is 3.32. The number of hydrogen-bond donors (Lipinski definition) is 1. The van der Waals surface area contributed by atoms with Crippen molar-refractivity contribution in [3.8, 4) is 0 Å². The predicted octanol–water partition coefficient (Wildman–Crippen LogP) is 2.81. The fourth-order valence-electron chi connectivity index (χ4n) is 4.26. The molecule has 0 amide bonds. The van der Waals surface area contributed by atoms with Crippen molar-refractivity contribution in [1.82, 2.24) is 14.5 Å². The van der Waals surface area contributed by atoms with Gasteiger partial charge in [0.15, 0.2) is 0 Å². The maximum absolute atomic E-state index is 10.4. The van der Waals surface area contributed by atoms with Gasteiger partial charge in [-0.05, 0) is 39.2 Å². The van der Waals surface area contributed by atoms with Crippen LogP contribution in [0.4, 0.5) is 0 Å². The number of aryl methyl sites for hydroxylation is 1. The molecule has 1 saturated heterocycles. The Labute approximate surface area is 128 Å². The molecule has 0 spiro atoms. The Kier molecular flexibility index (Phi) is 4.96. The van der Waals surface area contributed by atoms with Crippen molar-refractivity contribution in [2.24, 2.45) is 5.92 Å². The van der Waals surface area contributed by atoms with Gasteiger partial charge >= 0.3 is 0 Å². The first-order chi connectivity index (χ1) is 10.3. The Balaban J connectivity index is 1.72. The lowest BCUT2D eigenvalue weighted by atomic mass is 9.78. The maximum atomic E-state index is 10.4. The molecule has 1 aliphatic heterocycles. The van der Waals surface area contributed by atoms with Crippen LogP contribution in [0, 0.1) is 5.92 Å². The van der Waals surface area contributed by atoms with E-state index in [0.717, 1.165) is 19.5 Å². The van der Waals surface area contributed by atoms with Crippen LogP contribution in [0.25, 0.3) is 0 Å². The molecular weight excluding hydrogens is 262 g/mol. The van der Waals surface area contributed by atoms with Crippen molar-refractivity contribution in [2.45, 2.75) is 77.1 Å². The zero-order chi connectivity index (χ0) is 14.7. The summed E-state index contributed by atoms with van der Waals surface area (Å²) in [6.45, 7) is 5.31. The molecular formula is C17H29N3O. The number of aromatic nitrogens is 2. The second-order valence-electron chi connectivity index (χ2n) is 6.72. The Morgan fingerprint density at radius 1 is 1.19 bits per heavy atom. The first-order valence-electron chi connectivity index (χ1n) is 8.70. The van der Waals surface area contributed by atoms with Gasteiger partial charge in [-0.3, -0.25) is 4.90 Å². The van der Waals surface area contributed by atoms with E-state index in [9.17, 15) is 5.11 Å². The van der Waals surface area contributed by atoms with Gasteiger partial charge < -0.3 is 9.67 Å². The summed E-state index contributed by atoms with van der Waals surface area (Å²) in [6.07, 6.45) is 12.4. The molecule has 3 rings (SSSR count). The van der Waals surface area contributed by atoms with Crippen LogP contribution in [0.1, 0.15) is 57.6 Å². The number of nitrogens with zero attached hydrogens (tertiary/aromatic N) is 3. The highest BCUT2D eigenvalue weighted by atomic mass is 16.3. The minimum atomic E-state index is -0.0829. The van der Waals surface area contributed by atoms with E-state index in [1.165, 1.54) is 50.8 Å². The fraction of sp³-hybridized carbons (Fsp3) is 0.824. The zero-order valence-electron chi connectivity index (χ0n) is 13.2. The standard InChI is InChI=1S/C17H29N3O/c1-2-19-13-18-11-14(19)12-20-10-6-5-8-16(20)15-7-3-4-9-17(15)21/h11,13,15-17,21H,2-10,12H2,1H3. The first-order valence-corrected chi connectivity index (χ1v) is 8.70. The molecule has 3 atom stereocenters. The van der Waals surface area contributed by atoms with Gasteiger partial charge in [-0.15, -0.1) is 0 Å². The van der Waals surface area contributed by atoms with Gasteiger partial charge in [0.25, 0.3) is 0 Å². The minimum absolute atomic E-state index is 0.0829. The number of rotatable bonds is 4. The van der Waals surface area contributed by atoms with Crippen LogP contribution in [-0.4, -0.2) is 38.2 Å². The zero-order valence-corrected chi connectivity index (χ0v) is 13.2. The van der Waals surface area contributed by atoms with Crippen LogP contribution < -0.4 is 0 Å². The molecule has 1 aromatic rings. The van der Waals surface area contributed by atoms with E-state index in [1.807, 2.05) is 12.5 Å². The molecule has 2 aliphatic rings. The second-order valence-corrected chi connectivity index (χ2v) is 6.72. The number of piperidine rings is 1. The van der Waals surface area contributed by atoms with Crippen molar-refractivity contribution in [2.75, 3.05) is 6.54 Å². The van der Waals surface area contributed by atoms with Crippen molar-refractivity contribution in [3.05, 3.63) is 18.2 Å². The van der Waals surface area contributed by atoms with E-state index < -0.39 is 0 Å². The SMILES string of the molecule is CCn1cncc1CN1CCCCC1C1CCCCC1O. The average molecular weight is 291 g/mol. The summed E-state index contributed by atoms with van der Waals surface area (Å²) in [4.78, 5) is 6.91. The van der Waals surface area contributed by atoms with E-state index in [-0.39, 0.29) is 6.10 Å². The quantitative estimate of drug-likeness (QED) is 0.927. The van der Waals surface area contributed by atoms with Crippen LogP contribution in [-0.2, 0) is 13.1 Å². The molecule has 118 valence electrons. The number of aliphatic hydroxyl groups is 1. The van der Waals surface area contributed by atoms with E-state index in [0.29, 0.717) is 12.0 Å². The number of aliphatic hydroxyl groups excluding tert-OH is 1. The lowest BCUT2D eigenvalue weighted by Gasteiger charge is -2.43. The summed E-state index contributed by atoms with van der Waals surface area (Å²) in [5.74, 6) is 0.483. The van der Waals surface area contributed by atoms with Gasteiger partial charge in [-0.2, -0.15) is 0 Å². The molecule has 1 N–H and O–H groups in total. The van der Waals surface area contributed by atoms with E-state index >= 15 is 0 Å². The summed E-state index contributed by atoms with van der Waals surface area (Å²) in [5, 5.41) is 10.4. The van der Waals surface area contributed by atoms with Crippen LogP contribution in [0.5, 0.6) is 0 Å². The first kappa shape index (κ1) is 15.0. The van der Waals surface area contributed by atoms with Crippen molar-refractivity contribution >= 4 is 0 Å². The Hall–Kier alpha value is -0.870. The topological polar surface area (TPSA) is 41.3 Å². The van der Waals surface area contributed by atoms with Crippen molar-refractivity contribution < 1.29 is 5.11 Å². The lowest BCUT2D eigenvalue weighted by Crippen LogP contribution is -2.48. The summed E-state index contributed by atoms with van der Waals surface area (Å²) < 4.78 is 2.24. The summed E-state index contributed by atoms with van der Waals surface area (Å²) in [6, 6.07) is 0.564. The van der Waals surface area contributed by atoms with E-state index in [2.05, 4.69) is 21.4 Å². The molecule has 4 nitrogen and oxygen atoms in total. The van der Waals surface area contributed by atoms with E-state index in [1.54, 1.807) is 0 Å². The summed E-state index contributed by atoms with van der Waals surface area (Å²) >= 11 is 0. The number of hydrogen-bond acceptors (Lipinski definition) is 3. The average Bonchev–Trinajstić information content (AvgIpc) is 2.96. The normalized spacial score (nSPS) is 31.4. The molecule has 0 radical (unpaired) electrons. The van der Waals surface area contributed by atoms with Gasteiger partial charge in [0.2, 0.25) is 0 Å². The molecule has 0 aromatic carbocycles. The second kappa shape index (κ2) is 6.93. The summed E-state index contributed by atoms with van der Waals surface area (Å²) in [5.41, 5.74) is 1.31. The van der Waals surface area contributed by atoms with Gasteiger partial charge in [-0.25, -0.2) is 4.98 Å². The molecule has 0 bridgehead atoms. The third-order valence-corrected chi connectivity index (χ3v) is 5.44. The molecule has 21 heavy (non-hydrogen) atoms. The van der Waals surface area contributed by atoms with Crippen LogP contribution in [0.15, 0.2) is 12.5 Å². The molecule has 3 unspecified atom stereocenters. The highest BCUT2D eigenvalue weighted by Crippen LogP contribution is 2.34. The summed E-state index contributed by atoms with van der Waals surface area (Å²) in [7, 11) is 0. The van der Waals surface area contributed by atoms with Gasteiger partial charge in [0, 0.05) is 31.2 Å². The monoisotopic (exact) mass is 291 g/mol. The largest absolute Gasteiger partial charge is 0.393 e. The van der Waals surface area contributed by atoms with Gasteiger partial charge in [0.05, 0.1) is 18.1 Å². The number of likely N-dealkylation sites (tertiary alicyclic amines) is 1. The minimum Gasteiger partial charge on any atom is -0.393 e. The van der Waals surface area contributed by atoms with Crippen LogP contribution >= 0.6 is 0 Å². The van der Waals surface area contributed by atoms with Crippen molar-refractivity contribution in [3.63, 3.8) is 0 Å². The Bertz CT molecular complexity index is 445. The van der Waals surface area contributed by atoms with Gasteiger partial charge in [0.1, 0.15) is 0 Å². The molecule has 1 aliphatic carbocycles. The van der Waals surface area contributed by atoms with E-state index in [4.69, 9.17) is 0 Å². The smallest absolute Gasteiger partial charge is 0.0948 e. The van der Waals surface area contributed by atoms with Crippen molar-refractivity contribution in [1.29, 1.82) is 0 Å². The molecule has 1 saturated carbocycles. The molecule has 2 fully saturated rings. The van der Waals surface area contributed by atoms with Gasteiger partial charge in [-0.1, -0.05) is 19.3 Å². The van der Waals surface area contributed by atoms with Crippen LogP contribution in [0.3, 0.4) is 0 Å². The molecule has 4 heteroatoms. The molecule has 1 aromatic heterocycles. The highest BCUT2D eigenvalue weighted by Gasteiger charge is 2.35. The predicted molar refractivity (Wildman–Crippen MR) is 83.9 cm³/mol. The number of imidazole rings is 1. The van der Waals surface area contributed by atoms with Crippen LogP contribution in [0.2, 0.25) is 0 Å². The third-order valence-electron chi connectivity index (χ3n) is 5.44. The maximum Gasteiger partial charge on any atom is 0.0948 e. The fourth-order valence-corrected chi connectivity index (χ4v) is 4.26. The Morgan fingerprint density at radius 3 is 2.81 bits per heavy atom. The highest BCUT2D eigenvalue weighted by molar-refractivity contribution is 5.00. The Morgan fingerprint density at radius 2 is 2.00 bits per heavy atom. The lowest BCUT2D eigenvalue weighted by molar-refractivity contribution is -0.00933.